The predicted octanol–water partition coefficient (Wildman–Crippen LogP) is 3.30. The van der Waals surface area contributed by atoms with Crippen molar-refractivity contribution in [3.05, 3.63) is 22.2 Å². The summed E-state index contributed by atoms with van der Waals surface area (Å²) in [7, 11) is 0. The average Bonchev–Trinajstić information content (AvgIpc) is 2.29. The molecular weight excluding hydrogens is 238 g/mol. The summed E-state index contributed by atoms with van der Waals surface area (Å²) in [6.07, 6.45) is 0.337. The lowest BCUT2D eigenvalue weighted by molar-refractivity contribution is 0.169. The zero-order valence-electron chi connectivity index (χ0n) is 9.92. The Hall–Kier alpha value is -1.40. The van der Waals surface area contributed by atoms with Crippen molar-refractivity contribution in [2.24, 2.45) is 0 Å². The molecule has 0 spiro atoms. The molecule has 1 aliphatic rings. The minimum absolute atomic E-state index is 0.270. The number of nitriles is 1. The highest BCUT2D eigenvalue weighted by atomic mass is 35.5. The summed E-state index contributed by atoms with van der Waals surface area (Å²) in [4.78, 5) is 0. The van der Waals surface area contributed by atoms with Crippen LogP contribution in [0, 0.1) is 11.3 Å². The van der Waals surface area contributed by atoms with Gasteiger partial charge in [-0.1, -0.05) is 25.4 Å². The van der Waals surface area contributed by atoms with E-state index in [4.69, 9.17) is 26.3 Å². The van der Waals surface area contributed by atoms with Gasteiger partial charge in [-0.3, -0.25) is 0 Å². The molecule has 1 aliphatic heterocycles. The van der Waals surface area contributed by atoms with Crippen molar-refractivity contribution >= 4 is 11.6 Å². The normalized spacial score (nSPS) is 13.6. The molecule has 0 atom stereocenters. The zero-order chi connectivity index (χ0) is 12.4. The first kappa shape index (κ1) is 12.1. The van der Waals surface area contributed by atoms with Crippen LogP contribution in [-0.2, 0) is 6.42 Å². The minimum atomic E-state index is 0.270. The van der Waals surface area contributed by atoms with Crippen LogP contribution in [0.2, 0.25) is 5.02 Å². The average molecular weight is 252 g/mol. The van der Waals surface area contributed by atoms with Crippen molar-refractivity contribution in [1.82, 2.24) is 0 Å². The molecule has 1 heterocycles. The number of halogens is 1. The molecule has 0 bridgehead atoms. The van der Waals surface area contributed by atoms with Crippen LogP contribution in [0.4, 0.5) is 0 Å². The Bertz CT molecular complexity index is 477. The van der Waals surface area contributed by atoms with Crippen molar-refractivity contribution in [2.75, 3.05) is 13.2 Å². The molecule has 3 nitrogen and oxygen atoms in total. The fourth-order valence-electron chi connectivity index (χ4n) is 2.10. The monoisotopic (exact) mass is 251 g/mol. The SMILES string of the molecule is CC(C)c1c(CC#N)cc(Cl)c2c1OCCO2. The van der Waals surface area contributed by atoms with Gasteiger partial charge in [0.2, 0.25) is 0 Å². The molecule has 17 heavy (non-hydrogen) atoms. The number of hydrogen-bond acceptors (Lipinski definition) is 3. The van der Waals surface area contributed by atoms with E-state index in [1.54, 1.807) is 0 Å². The Balaban J connectivity index is 2.63. The third-order valence-electron chi connectivity index (χ3n) is 2.74. The van der Waals surface area contributed by atoms with Crippen LogP contribution < -0.4 is 9.47 Å². The van der Waals surface area contributed by atoms with E-state index in [1.807, 2.05) is 6.07 Å². The summed E-state index contributed by atoms with van der Waals surface area (Å²) in [5.41, 5.74) is 1.96. The van der Waals surface area contributed by atoms with Crippen LogP contribution >= 0.6 is 11.6 Å². The Kier molecular flexibility index (Phi) is 3.44. The second kappa shape index (κ2) is 4.85. The van der Waals surface area contributed by atoms with Gasteiger partial charge in [0.1, 0.15) is 13.2 Å². The molecule has 1 aromatic carbocycles. The van der Waals surface area contributed by atoms with Gasteiger partial charge in [-0.25, -0.2) is 0 Å². The quantitative estimate of drug-likeness (QED) is 0.810. The van der Waals surface area contributed by atoms with E-state index < -0.39 is 0 Å². The molecule has 0 radical (unpaired) electrons. The summed E-state index contributed by atoms with van der Waals surface area (Å²) in [5.74, 6) is 1.60. The maximum atomic E-state index is 8.86. The maximum absolute atomic E-state index is 8.86. The van der Waals surface area contributed by atoms with Gasteiger partial charge in [0.05, 0.1) is 17.5 Å². The summed E-state index contributed by atoms with van der Waals surface area (Å²) in [6.45, 7) is 5.19. The van der Waals surface area contributed by atoms with Gasteiger partial charge in [0.15, 0.2) is 11.5 Å². The smallest absolute Gasteiger partial charge is 0.180 e. The number of benzene rings is 1. The molecular formula is C13H14ClNO2. The number of fused-ring (bicyclic) bond motifs is 1. The molecule has 0 aliphatic carbocycles. The van der Waals surface area contributed by atoms with Crippen LogP contribution in [0.25, 0.3) is 0 Å². The second-order valence-corrected chi connectivity index (χ2v) is 4.68. The Labute approximate surface area is 106 Å². The largest absolute Gasteiger partial charge is 0.486 e. The molecule has 0 aromatic heterocycles. The Morgan fingerprint density at radius 2 is 2.00 bits per heavy atom. The standard InChI is InChI=1S/C13H14ClNO2/c1-8(2)11-9(3-4-15)7-10(14)12-13(11)17-6-5-16-12/h7-8H,3,5-6H2,1-2H3. The Morgan fingerprint density at radius 3 is 2.59 bits per heavy atom. The summed E-state index contributed by atoms with van der Waals surface area (Å²) < 4.78 is 11.2. The number of ether oxygens (including phenoxy) is 2. The summed E-state index contributed by atoms with van der Waals surface area (Å²) >= 11 is 6.15. The second-order valence-electron chi connectivity index (χ2n) is 4.28. The minimum Gasteiger partial charge on any atom is -0.486 e. The van der Waals surface area contributed by atoms with E-state index in [9.17, 15) is 0 Å². The van der Waals surface area contributed by atoms with Gasteiger partial charge < -0.3 is 9.47 Å². The lowest BCUT2D eigenvalue weighted by atomic mass is 9.94. The van der Waals surface area contributed by atoms with E-state index in [1.165, 1.54) is 0 Å². The van der Waals surface area contributed by atoms with Gasteiger partial charge in [0, 0.05) is 5.56 Å². The molecule has 2 rings (SSSR count). The van der Waals surface area contributed by atoms with Crippen molar-refractivity contribution in [3.8, 4) is 17.6 Å². The summed E-state index contributed by atoms with van der Waals surface area (Å²) in [6, 6.07) is 3.97. The maximum Gasteiger partial charge on any atom is 0.180 e. The van der Waals surface area contributed by atoms with Crippen LogP contribution in [0.1, 0.15) is 30.9 Å². The van der Waals surface area contributed by atoms with E-state index >= 15 is 0 Å². The van der Waals surface area contributed by atoms with Crippen LogP contribution in [0.3, 0.4) is 0 Å². The number of rotatable bonds is 2. The highest BCUT2D eigenvalue weighted by Crippen LogP contribution is 2.44. The first-order chi connectivity index (χ1) is 8.15. The Morgan fingerprint density at radius 1 is 1.35 bits per heavy atom. The van der Waals surface area contributed by atoms with Crippen molar-refractivity contribution in [3.63, 3.8) is 0 Å². The highest BCUT2D eigenvalue weighted by molar-refractivity contribution is 6.32. The van der Waals surface area contributed by atoms with Crippen molar-refractivity contribution < 1.29 is 9.47 Å². The molecule has 4 heteroatoms. The number of nitrogens with zero attached hydrogens (tertiary/aromatic N) is 1. The first-order valence-electron chi connectivity index (χ1n) is 5.63. The molecule has 0 fully saturated rings. The van der Waals surface area contributed by atoms with Crippen molar-refractivity contribution in [2.45, 2.75) is 26.2 Å². The first-order valence-corrected chi connectivity index (χ1v) is 6.00. The van der Waals surface area contributed by atoms with Gasteiger partial charge in [-0.05, 0) is 17.5 Å². The molecule has 1 aromatic rings. The van der Waals surface area contributed by atoms with Crippen molar-refractivity contribution in [1.29, 1.82) is 5.26 Å². The third-order valence-corrected chi connectivity index (χ3v) is 3.02. The third kappa shape index (κ3) is 2.18. The summed E-state index contributed by atoms with van der Waals surface area (Å²) in [5, 5.41) is 9.38. The molecule has 90 valence electrons. The fourth-order valence-corrected chi connectivity index (χ4v) is 2.37. The van der Waals surface area contributed by atoms with Gasteiger partial charge in [0.25, 0.3) is 0 Å². The van der Waals surface area contributed by atoms with Gasteiger partial charge in [-0.15, -0.1) is 0 Å². The van der Waals surface area contributed by atoms with Crippen LogP contribution in [-0.4, -0.2) is 13.2 Å². The van der Waals surface area contributed by atoms with Gasteiger partial charge >= 0.3 is 0 Å². The molecule has 0 saturated heterocycles. The number of hydrogen-bond donors (Lipinski definition) is 0. The lowest BCUT2D eigenvalue weighted by Gasteiger charge is -2.25. The fraction of sp³-hybridized carbons (Fsp3) is 0.462. The van der Waals surface area contributed by atoms with E-state index in [0.717, 1.165) is 11.1 Å². The van der Waals surface area contributed by atoms with Gasteiger partial charge in [-0.2, -0.15) is 5.26 Å². The van der Waals surface area contributed by atoms with E-state index in [0.29, 0.717) is 36.2 Å². The molecule has 0 saturated carbocycles. The molecule has 0 amide bonds. The van der Waals surface area contributed by atoms with E-state index in [-0.39, 0.29) is 5.92 Å². The molecule has 0 N–H and O–H groups in total. The molecule has 0 unspecified atom stereocenters. The highest BCUT2D eigenvalue weighted by Gasteiger charge is 2.24. The topological polar surface area (TPSA) is 42.2 Å². The predicted molar refractivity (Wildman–Crippen MR) is 65.8 cm³/mol. The van der Waals surface area contributed by atoms with Crippen LogP contribution in [0.15, 0.2) is 6.07 Å². The zero-order valence-corrected chi connectivity index (χ0v) is 10.7. The lowest BCUT2D eigenvalue weighted by Crippen LogP contribution is -2.18. The van der Waals surface area contributed by atoms with Crippen LogP contribution in [0.5, 0.6) is 11.5 Å². The van der Waals surface area contributed by atoms with E-state index in [2.05, 4.69) is 19.9 Å².